The molecular formula is C33H33Cl2N5O6. The zero-order valence-electron chi connectivity index (χ0n) is 25.5. The highest BCUT2D eigenvalue weighted by atomic mass is 35.5. The van der Waals surface area contributed by atoms with Gasteiger partial charge in [-0.3, -0.25) is 14.2 Å². The molecule has 0 bridgehead atoms. The topological polar surface area (TPSA) is 137 Å². The van der Waals surface area contributed by atoms with E-state index in [0.29, 0.717) is 46.3 Å². The van der Waals surface area contributed by atoms with Gasteiger partial charge in [-0.1, -0.05) is 53.5 Å². The number of carbonyl (C=O) groups excluding carboxylic acids is 1. The van der Waals surface area contributed by atoms with Crippen molar-refractivity contribution in [1.29, 1.82) is 0 Å². The molecule has 11 nitrogen and oxygen atoms in total. The normalized spacial score (nSPS) is 18.9. The third kappa shape index (κ3) is 5.85. The number of aryl methyl sites for hydroxylation is 1. The number of anilines is 1. The molecule has 2 aromatic carbocycles. The van der Waals surface area contributed by atoms with E-state index in [2.05, 4.69) is 10.6 Å². The molecule has 13 heteroatoms. The van der Waals surface area contributed by atoms with Gasteiger partial charge >= 0.3 is 5.69 Å². The second-order valence-corrected chi connectivity index (χ2v) is 12.2. The minimum atomic E-state index is -0.724. The van der Waals surface area contributed by atoms with E-state index in [9.17, 15) is 19.5 Å². The Morgan fingerprint density at radius 3 is 2.54 bits per heavy atom. The molecule has 46 heavy (non-hydrogen) atoms. The highest BCUT2D eigenvalue weighted by Gasteiger charge is 2.36. The summed E-state index contributed by atoms with van der Waals surface area (Å²) >= 11 is 13.8. The van der Waals surface area contributed by atoms with Crippen molar-refractivity contribution >= 4 is 34.8 Å². The van der Waals surface area contributed by atoms with Gasteiger partial charge in [0.1, 0.15) is 5.56 Å². The fraction of sp³-hybridized carbons (Fsp3) is 0.333. The predicted octanol–water partition coefficient (Wildman–Crippen LogP) is 4.11. The van der Waals surface area contributed by atoms with Gasteiger partial charge in [0, 0.05) is 62.1 Å². The predicted molar refractivity (Wildman–Crippen MR) is 176 cm³/mol. The first-order valence-corrected chi connectivity index (χ1v) is 15.6. The molecule has 1 aliphatic heterocycles. The number of benzene rings is 2. The third-order valence-electron chi connectivity index (χ3n) is 8.52. The van der Waals surface area contributed by atoms with Crippen molar-refractivity contribution < 1.29 is 19.4 Å². The Bertz CT molecular complexity index is 1950. The molecule has 0 unspecified atom stereocenters. The lowest BCUT2D eigenvalue weighted by molar-refractivity contribution is 0.0920. The van der Waals surface area contributed by atoms with Crippen molar-refractivity contribution in [2.75, 3.05) is 25.6 Å². The lowest BCUT2D eigenvalue weighted by atomic mass is 9.99. The van der Waals surface area contributed by atoms with Crippen LogP contribution in [0, 0.1) is 0 Å². The summed E-state index contributed by atoms with van der Waals surface area (Å²) < 4.78 is 13.5. The number of hydrogen-bond donors (Lipinski definition) is 3. The Hall–Kier alpha value is -4.00. The summed E-state index contributed by atoms with van der Waals surface area (Å²) in [7, 11) is 4.31. The van der Waals surface area contributed by atoms with E-state index in [-0.39, 0.29) is 28.4 Å². The van der Waals surface area contributed by atoms with Gasteiger partial charge in [0.25, 0.3) is 11.5 Å². The van der Waals surface area contributed by atoms with Crippen LogP contribution in [-0.4, -0.2) is 57.6 Å². The Kier molecular flexibility index (Phi) is 9.04. The van der Waals surface area contributed by atoms with Crippen molar-refractivity contribution in [3.05, 3.63) is 96.2 Å². The number of aliphatic hydroxyl groups is 1. The van der Waals surface area contributed by atoms with E-state index in [1.807, 2.05) is 18.2 Å². The number of ether oxygens (including phenoxy) is 2. The van der Waals surface area contributed by atoms with Gasteiger partial charge in [-0.05, 0) is 30.5 Å². The monoisotopic (exact) mass is 665 g/mol. The van der Waals surface area contributed by atoms with Gasteiger partial charge in [0.2, 0.25) is 5.88 Å². The number of amides is 1. The molecule has 3 atom stereocenters. The van der Waals surface area contributed by atoms with Gasteiger partial charge < -0.3 is 29.8 Å². The molecule has 1 fully saturated rings. The molecule has 1 amide bonds. The van der Waals surface area contributed by atoms with Gasteiger partial charge in [-0.25, -0.2) is 9.78 Å². The van der Waals surface area contributed by atoms with Gasteiger partial charge in [-0.15, -0.1) is 0 Å². The number of hydrogen-bond acceptors (Lipinski definition) is 8. The number of rotatable bonds is 8. The fourth-order valence-corrected chi connectivity index (χ4v) is 6.74. The summed E-state index contributed by atoms with van der Waals surface area (Å²) in [4.78, 5) is 42.6. The van der Waals surface area contributed by atoms with Crippen LogP contribution in [0.2, 0.25) is 10.0 Å². The molecule has 0 spiro atoms. The molecule has 1 aliphatic carbocycles. The van der Waals surface area contributed by atoms with Gasteiger partial charge in [-0.2, -0.15) is 0 Å². The van der Waals surface area contributed by atoms with Crippen molar-refractivity contribution in [1.82, 2.24) is 19.4 Å². The molecule has 1 saturated heterocycles. The molecule has 2 aliphatic rings. The van der Waals surface area contributed by atoms with Crippen LogP contribution in [0.15, 0.2) is 58.3 Å². The lowest BCUT2D eigenvalue weighted by Gasteiger charge is -2.21. The van der Waals surface area contributed by atoms with Crippen molar-refractivity contribution in [3.63, 3.8) is 0 Å². The summed E-state index contributed by atoms with van der Waals surface area (Å²) in [5, 5.41) is 17.7. The number of aromatic nitrogens is 3. The highest BCUT2D eigenvalue weighted by molar-refractivity contribution is 6.39. The average Bonchev–Trinajstić information content (AvgIpc) is 3.68. The number of nitrogens with zero attached hydrogens (tertiary/aromatic N) is 3. The summed E-state index contributed by atoms with van der Waals surface area (Å²) in [6.07, 6.45) is 3.11. The lowest BCUT2D eigenvalue weighted by Crippen LogP contribution is -2.40. The Labute approximate surface area is 274 Å². The molecule has 4 aromatic rings. The quantitative estimate of drug-likeness (QED) is 0.256. The van der Waals surface area contributed by atoms with E-state index in [0.717, 1.165) is 39.7 Å². The zero-order valence-corrected chi connectivity index (χ0v) is 27.0. The summed E-state index contributed by atoms with van der Waals surface area (Å²) in [5.74, 6) is -0.307. The maximum absolute atomic E-state index is 13.1. The number of methoxy groups -OCH3 is 1. The maximum atomic E-state index is 13.1. The van der Waals surface area contributed by atoms with Crippen molar-refractivity contribution in [2.45, 2.75) is 37.5 Å². The largest absolute Gasteiger partial charge is 0.481 e. The molecule has 0 radical (unpaired) electrons. The number of carbonyl (C=O) groups is 1. The molecule has 2 aromatic heterocycles. The Morgan fingerprint density at radius 1 is 1.11 bits per heavy atom. The van der Waals surface area contributed by atoms with Gasteiger partial charge in [0.15, 0.2) is 0 Å². The van der Waals surface area contributed by atoms with Crippen LogP contribution in [-0.2, 0) is 25.3 Å². The highest BCUT2D eigenvalue weighted by Crippen LogP contribution is 2.44. The summed E-state index contributed by atoms with van der Waals surface area (Å²) in [6, 6.07) is 12.1. The number of pyridine rings is 1. The smallest absolute Gasteiger partial charge is 0.330 e. The number of aliphatic hydroxyl groups excluding tert-OH is 1. The minimum absolute atomic E-state index is 0.121. The van der Waals surface area contributed by atoms with Crippen LogP contribution < -0.4 is 26.6 Å². The summed E-state index contributed by atoms with van der Waals surface area (Å²) in [6.45, 7) is 1.38. The first-order valence-electron chi connectivity index (χ1n) is 14.9. The zero-order chi connectivity index (χ0) is 32.7. The van der Waals surface area contributed by atoms with E-state index >= 15 is 0 Å². The molecular weight excluding hydrogens is 633 g/mol. The van der Waals surface area contributed by atoms with Crippen LogP contribution in [0.1, 0.15) is 40.4 Å². The van der Waals surface area contributed by atoms with Crippen LogP contribution in [0.25, 0.3) is 22.4 Å². The molecule has 3 N–H and O–H groups in total. The Balaban J connectivity index is 1.32. The van der Waals surface area contributed by atoms with Gasteiger partial charge in [0.05, 0.1) is 46.8 Å². The van der Waals surface area contributed by atoms with Crippen molar-refractivity contribution in [3.8, 4) is 28.3 Å². The maximum Gasteiger partial charge on any atom is 0.330 e. The Morgan fingerprint density at radius 2 is 1.83 bits per heavy atom. The number of nitrogens with one attached hydrogen (secondary N) is 2. The standard InChI is InChI=1S/C33H33Cl2N5O6/c1-39-16-22(32(43)40(2)33(39)44)30(42)37-23-11-5-9-20(28(23)35)19-8-4-10-21(27(19)34)24-13-17-14-25(41)29(26(17)31(38-24)45-3)36-15-18-7-6-12-46-18/h4-5,8-11,13,16,18,25,29,36,41H,6-7,12,14-15H2,1-3H3,(H,37,42)/t18-,25+,29+/m1/s1. The van der Waals surface area contributed by atoms with Crippen molar-refractivity contribution in [2.24, 2.45) is 14.1 Å². The van der Waals surface area contributed by atoms with Crippen LogP contribution in [0.5, 0.6) is 5.88 Å². The molecule has 0 saturated carbocycles. The van der Waals surface area contributed by atoms with E-state index in [1.54, 1.807) is 31.4 Å². The minimum Gasteiger partial charge on any atom is -0.481 e. The summed E-state index contributed by atoms with van der Waals surface area (Å²) in [5.41, 5.74) is 2.85. The second kappa shape index (κ2) is 13.0. The third-order valence-corrected chi connectivity index (χ3v) is 9.33. The fourth-order valence-electron chi connectivity index (χ4n) is 6.14. The average molecular weight is 667 g/mol. The van der Waals surface area contributed by atoms with Crippen LogP contribution >= 0.6 is 23.2 Å². The van der Waals surface area contributed by atoms with Crippen LogP contribution in [0.4, 0.5) is 5.69 Å². The second-order valence-electron chi connectivity index (χ2n) is 11.5. The molecule has 3 heterocycles. The molecule has 240 valence electrons. The number of fused-ring (bicyclic) bond motifs is 1. The van der Waals surface area contributed by atoms with E-state index in [1.165, 1.54) is 20.3 Å². The van der Waals surface area contributed by atoms with Crippen LogP contribution in [0.3, 0.4) is 0 Å². The van der Waals surface area contributed by atoms with E-state index < -0.39 is 23.3 Å². The van der Waals surface area contributed by atoms with E-state index in [4.69, 9.17) is 37.7 Å². The first kappa shape index (κ1) is 32.0. The molecule has 6 rings (SSSR count). The first-order chi connectivity index (χ1) is 22.1. The SMILES string of the molecule is COc1nc(-c2cccc(-c3cccc(NC(=O)c4cn(C)c(=O)n(C)c4=O)c3Cl)c2Cl)cc2c1[C@@H](NC[C@H]1CCCO1)[C@@H](O)C2. The number of halogens is 2.